The Labute approximate surface area is 116 Å². The van der Waals surface area contributed by atoms with E-state index < -0.39 is 5.82 Å². The summed E-state index contributed by atoms with van der Waals surface area (Å²) < 4.78 is 18.1. The summed E-state index contributed by atoms with van der Waals surface area (Å²) in [6.45, 7) is 2.96. The molecule has 0 aliphatic heterocycles. The smallest absolute Gasteiger partial charge is 0.233 e. The topological polar surface area (TPSA) is 64.3 Å². The molecule has 1 amide bonds. The highest BCUT2D eigenvalue weighted by Gasteiger charge is 2.14. The van der Waals surface area contributed by atoms with E-state index in [4.69, 9.17) is 10.5 Å². The van der Waals surface area contributed by atoms with E-state index >= 15 is 0 Å². The molecule has 1 atom stereocenters. The van der Waals surface area contributed by atoms with Crippen LogP contribution < -0.4 is 11.1 Å². The number of thioether (sulfide) groups is 1. The van der Waals surface area contributed by atoms with E-state index in [0.29, 0.717) is 23.7 Å². The van der Waals surface area contributed by atoms with Gasteiger partial charge in [0.15, 0.2) is 0 Å². The maximum absolute atomic E-state index is 13.2. The predicted molar refractivity (Wildman–Crippen MR) is 75.6 cm³/mol. The Hall–Kier alpha value is -1.27. The van der Waals surface area contributed by atoms with Gasteiger partial charge in [0.2, 0.25) is 5.91 Å². The van der Waals surface area contributed by atoms with E-state index in [0.717, 1.165) is 6.42 Å². The van der Waals surface area contributed by atoms with E-state index in [2.05, 4.69) is 5.32 Å². The lowest BCUT2D eigenvalue weighted by Crippen LogP contribution is -2.32. The van der Waals surface area contributed by atoms with Crippen LogP contribution in [0.25, 0.3) is 0 Å². The number of methoxy groups -OCH3 is 1. The van der Waals surface area contributed by atoms with Crippen LogP contribution in [-0.2, 0) is 9.53 Å². The number of nitrogens with one attached hydrogen (secondary N) is 1. The molecule has 1 aromatic carbocycles. The summed E-state index contributed by atoms with van der Waals surface area (Å²) in [5.74, 6) is -0.473. The van der Waals surface area contributed by atoms with Crippen molar-refractivity contribution in [2.75, 3.05) is 26.0 Å². The average molecular weight is 286 g/mol. The first-order valence-corrected chi connectivity index (χ1v) is 6.90. The normalized spacial score (nSPS) is 12.2. The first-order chi connectivity index (χ1) is 9.02. The van der Waals surface area contributed by atoms with Crippen LogP contribution in [0.4, 0.5) is 10.1 Å². The lowest BCUT2D eigenvalue weighted by Gasteiger charge is -2.12. The summed E-state index contributed by atoms with van der Waals surface area (Å²) in [7, 11) is 1.62. The fourth-order valence-corrected chi connectivity index (χ4v) is 2.47. The van der Waals surface area contributed by atoms with Gasteiger partial charge in [0.05, 0.1) is 5.25 Å². The Morgan fingerprint density at radius 1 is 1.53 bits per heavy atom. The van der Waals surface area contributed by atoms with Crippen LogP contribution in [0.1, 0.15) is 13.3 Å². The molecule has 0 heterocycles. The molecule has 0 saturated carbocycles. The molecule has 0 fully saturated rings. The summed E-state index contributed by atoms with van der Waals surface area (Å²) >= 11 is 1.28. The van der Waals surface area contributed by atoms with Crippen molar-refractivity contribution >= 4 is 23.4 Å². The summed E-state index contributed by atoms with van der Waals surface area (Å²) in [5.41, 5.74) is 5.91. The van der Waals surface area contributed by atoms with Crippen molar-refractivity contribution in [1.29, 1.82) is 0 Å². The van der Waals surface area contributed by atoms with Crippen molar-refractivity contribution in [3.05, 3.63) is 24.0 Å². The zero-order valence-electron chi connectivity index (χ0n) is 11.1. The van der Waals surface area contributed by atoms with Crippen molar-refractivity contribution in [2.24, 2.45) is 0 Å². The van der Waals surface area contributed by atoms with E-state index in [1.807, 2.05) is 0 Å². The third kappa shape index (κ3) is 5.94. The highest BCUT2D eigenvalue weighted by molar-refractivity contribution is 8.00. The van der Waals surface area contributed by atoms with Crippen molar-refractivity contribution in [2.45, 2.75) is 23.5 Å². The second kappa shape index (κ2) is 8.01. The molecular weight excluding hydrogens is 267 g/mol. The summed E-state index contributed by atoms with van der Waals surface area (Å²) in [6, 6.07) is 4.28. The molecule has 1 aromatic rings. The maximum atomic E-state index is 13.2. The zero-order valence-corrected chi connectivity index (χ0v) is 11.9. The van der Waals surface area contributed by atoms with Crippen LogP contribution in [-0.4, -0.2) is 31.4 Å². The molecule has 3 N–H and O–H groups in total. The number of nitrogens with two attached hydrogens (primary N) is 1. The lowest BCUT2D eigenvalue weighted by atomic mass is 10.3. The van der Waals surface area contributed by atoms with Gasteiger partial charge in [-0.2, -0.15) is 0 Å². The number of hydrogen-bond donors (Lipinski definition) is 2. The standard InChI is InChI=1S/C13H19FN2O2S/c1-9(13(17)16-4-3-5-18-2)19-12-7-10(14)6-11(15)8-12/h6-9H,3-5,15H2,1-2H3,(H,16,17). The molecule has 106 valence electrons. The maximum Gasteiger partial charge on any atom is 0.233 e. The van der Waals surface area contributed by atoms with Crippen molar-refractivity contribution in [1.82, 2.24) is 5.32 Å². The molecule has 6 heteroatoms. The quantitative estimate of drug-likeness (QED) is 0.457. The highest BCUT2D eigenvalue weighted by atomic mass is 32.2. The second-order valence-electron chi connectivity index (χ2n) is 4.12. The Morgan fingerprint density at radius 3 is 2.89 bits per heavy atom. The van der Waals surface area contributed by atoms with Crippen LogP contribution in [0.15, 0.2) is 23.1 Å². The van der Waals surface area contributed by atoms with Gasteiger partial charge in [0.1, 0.15) is 5.82 Å². The number of hydrogen-bond acceptors (Lipinski definition) is 4. The first-order valence-electron chi connectivity index (χ1n) is 6.02. The van der Waals surface area contributed by atoms with Gasteiger partial charge >= 0.3 is 0 Å². The molecule has 0 bridgehead atoms. The molecule has 1 rings (SSSR count). The number of halogens is 1. The number of carbonyl (C=O) groups excluding carboxylic acids is 1. The van der Waals surface area contributed by atoms with E-state index in [1.165, 1.54) is 23.9 Å². The van der Waals surface area contributed by atoms with Gasteiger partial charge in [0, 0.05) is 30.8 Å². The fraction of sp³-hybridized carbons (Fsp3) is 0.462. The second-order valence-corrected chi connectivity index (χ2v) is 5.53. The van der Waals surface area contributed by atoms with E-state index in [1.54, 1.807) is 20.1 Å². The van der Waals surface area contributed by atoms with Crippen molar-refractivity contribution < 1.29 is 13.9 Å². The van der Waals surface area contributed by atoms with Gasteiger partial charge in [-0.25, -0.2) is 4.39 Å². The third-order valence-corrected chi connectivity index (χ3v) is 3.48. The molecule has 0 aromatic heterocycles. The Kier molecular flexibility index (Phi) is 6.66. The number of rotatable bonds is 7. The molecule has 1 unspecified atom stereocenters. The third-order valence-electron chi connectivity index (χ3n) is 2.40. The SMILES string of the molecule is COCCCNC(=O)C(C)Sc1cc(N)cc(F)c1. The van der Waals surface area contributed by atoms with Gasteiger partial charge in [-0.1, -0.05) is 0 Å². The molecule has 0 spiro atoms. The van der Waals surface area contributed by atoms with Gasteiger partial charge in [-0.05, 0) is 31.5 Å². The summed E-state index contributed by atoms with van der Waals surface area (Å²) in [6.07, 6.45) is 0.770. The largest absolute Gasteiger partial charge is 0.399 e. The van der Waals surface area contributed by atoms with Crippen LogP contribution >= 0.6 is 11.8 Å². The Bertz CT molecular complexity index is 409. The molecule has 0 radical (unpaired) electrons. The van der Waals surface area contributed by atoms with Gasteiger partial charge < -0.3 is 15.8 Å². The number of nitrogen functional groups attached to an aromatic ring is 1. The molecule has 0 aliphatic rings. The number of anilines is 1. The summed E-state index contributed by atoms with van der Waals surface area (Å²) in [4.78, 5) is 12.4. The fourth-order valence-electron chi connectivity index (χ4n) is 1.48. The van der Waals surface area contributed by atoms with Crippen LogP contribution in [0.5, 0.6) is 0 Å². The monoisotopic (exact) mass is 286 g/mol. The molecular formula is C13H19FN2O2S. The molecule has 0 saturated heterocycles. The van der Waals surface area contributed by atoms with Crippen LogP contribution in [0, 0.1) is 5.82 Å². The molecule has 19 heavy (non-hydrogen) atoms. The van der Waals surface area contributed by atoms with Gasteiger partial charge in [-0.15, -0.1) is 11.8 Å². The molecule has 0 aliphatic carbocycles. The minimum atomic E-state index is -0.393. The first kappa shape index (κ1) is 15.8. The van der Waals surface area contributed by atoms with Crippen molar-refractivity contribution in [3.8, 4) is 0 Å². The average Bonchev–Trinajstić information content (AvgIpc) is 2.33. The zero-order chi connectivity index (χ0) is 14.3. The Balaban J connectivity index is 2.44. The lowest BCUT2D eigenvalue weighted by molar-refractivity contribution is -0.120. The van der Waals surface area contributed by atoms with E-state index in [-0.39, 0.29) is 11.2 Å². The van der Waals surface area contributed by atoms with Crippen LogP contribution in [0.3, 0.4) is 0 Å². The molecule has 4 nitrogen and oxygen atoms in total. The predicted octanol–water partition coefficient (Wildman–Crippen LogP) is 2.04. The minimum absolute atomic E-state index is 0.0797. The number of benzene rings is 1. The van der Waals surface area contributed by atoms with Gasteiger partial charge in [-0.3, -0.25) is 4.79 Å². The van der Waals surface area contributed by atoms with E-state index in [9.17, 15) is 9.18 Å². The summed E-state index contributed by atoms with van der Waals surface area (Å²) in [5, 5.41) is 2.50. The number of ether oxygens (including phenoxy) is 1. The van der Waals surface area contributed by atoms with Gasteiger partial charge in [0.25, 0.3) is 0 Å². The Morgan fingerprint density at radius 2 is 2.26 bits per heavy atom. The minimum Gasteiger partial charge on any atom is -0.399 e. The van der Waals surface area contributed by atoms with Crippen LogP contribution in [0.2, 0.25) is 0 Å². The number of amides is 1. The number of carbonyl (C=O) groups is 1. The van der Waals surface area contributed by atoms with Crippen molar-refractivity contribution in [3.63, 3.8) is 0 Å². The highest BCUT2D eigenvalue weighted by Crippen LogP contribution is 2.26.